The van der Waals surface area contributed by atoms with Crippen LogP contribution in [0.25, 0.3) is 10.2 Å². The van der Waals surface area contributed by atoms with Crippen LogP contribution in [0.3, 0.4) is 0 Å². The first-order valence-corrected chi connectivity index (χ1v) is 6.54. The van der Waals surface area contributed by atoms with Gasteiger partial charge in [0, 0.05) is 4.88 Å². The quantitative estimate of drug-likeness (QED) is 0.790. The second-order valence-corrected chi connectivity index (χ2v) is 5.21. The number of ether oxygens (including phenoxy) is 1. The molecule has 0 saturated heterocycles. The number of nitrogens with zero attached hydrogens (tertiary/aromatic N) is 2. The van der Waals surface area contributed by atoms with Crippen molar-refractivity contribution < 1.29 is 9.53 Å². The highest BCUT2D eigenvalue weighted by atomic mass is 32.1. The first-order chi connectivity index (χ1) is 8.61. The van der Waals surface area contributed by atoms with Crippen molar-refractivity contribution in [3.05, 3.63) is 27.6 Å². The smallest absolute Gasteiger partial charge is 0.326 e. The summed E-state index contributed by atoms with van der Waals surface area (Å²) in [6.45, 7) is 4.13. The van der Waals surface area contributed by atoms with Gasteiger partial charge in [-0.25, -0.2) is 4.98 Å². The first-order valence-electron chi connectivity index (χ1n) is 5.73. The van der Waals surface area contributed by atoms with Crippen LogP contribution >= 0.6 is 11.3 Å². The van der Waals surface area contributed by atoms with Gasteiger partial charge in [0.05, 0.1) is 18.3 Å². The molecule has 2 rings (SSSR count). The van der Waals surface area contributed by atoms with Gasteiger partial charge in [0.15, 0.2) is 0 Å². The molecule has 0 radical (unpaired) electrons. The minimum Gasteiger partial charge on any atom is -0.464 e. The third-order valence-electron chi connectivity index (χ3n) is 2.41. The molecule has 2 heterocycles. The van der Waals surface area contributed by atoms with Crippen molar-refractivity contribution in [2.75, 3.05) is 6.61 Å². The van der Waals surface area contributed by atoms with Crippen molar-refractivity contribution >= 4 is 27.5 Å². The Bertz CT molecular complexity index is 630. The third kappa shape index (κ3) is 2.59. The summed E-state index contributed by atoms with van der Waals surface area (Å²) in [6, 6.07) is 1.79. The van der Waals surface area contributed by atoms with Crippen molar-refractivity contribution in [2.45, 2.75) is 26.8 Å². The van der Waals surface area contributed by atoms with Crippen LogP contribution in [-0.2, 0) is 16.1 Å². The van der Waals surface area contributed by atoms with E-state index in [0.29, 0.717) is 16.8 Å². The van der Waals surface area contributed by atoms with Gasteiger partial charge in [0.1, 0.15) is 11.4 Å². The van der Waals surface area contributed by atoms with E-state index in [2.05, 4.69) is 4.98 Å². The zero-order valence-corrected chi connectivity index (χ0v) is 11.1. The monoisotopic (exact) mass is 266 g/mol. The fourth-order valence-corrected chi connectivity index (χ4v) is 2.43. The highest BCUT2D eigenvalue weighted by Gasteiger charge is 2.10. The lowest BCUT2D eigenvalue weighted by Crippen LogP contribution is -2.25. The van der Waals surface area contributed by atoms with E-state index >= 15 is 0 Å². The van der Waals surface area contributed by atoms with Crippen LogP contribution in [0.5, 0.6) is 0 Å². The number of carbonyl (C=O) groups excluding carboxylic acids is 1. The molecule has 0 N–H and O–H groups in total. The number of fused-ring (bicyclic) bond motifs is 1. The lowest BCUT2D eigenvalue weighted by molar-refractivity contribution is -0.144. The summed E-state index contributed by atoms with van der Waals surface area (Å²) in [5, 5.41) is 0.559. The lowest BCUT2D eigenvalue weighted by atomic mass is 10.3. The van der Waals surface area contributed by atoms with Gasteiger partial charge in [-0.3, -0.25) is 14.2 Å². The largest absolute Gasteiger partial charge is 0.464 e. The van der Waals surface area contributed by atoms with Gasteiger partial charge in [-0.2, -0.15) is 0 Å². The summed E-state index contributed by atoms with van der Waals surface area (Å²) in [5.41, 5.74) is -0.196. The van der Waals surface area contributed by atoms with E-state index in [1.54, 1.807) is 6.07 Å². The Morgan fingerprint density at radius 1 is 1.56 bits per heavy atom. The minimum absolute atomic E-state index is 0.0866. The van der Waals surface area contributed by atoms with Crippen molar-refractivity contribution in [1.82, 2.24) is 9.55 Å². The van der Waals surface area contributed by atoms with Crippen molar-refractivity contribution in [3.63, 3.8) is 0 Å². The van der Waals surface area contributed by atoms with Crippen LogP contribution in [-0.4, -0.2) is 22.1 Å². The molecule has 0 amide bonds. The summed E-state index contributed by atoms with van der Waals surface area (Å²) in [7, 11) is 0. The number of hydrogen-bond acceptors (Lipinski definition) is 5. The Morgan fingerprint density at radius 3 is 3.06 bits per heavy atom. The van der Waals surface area contributed by atoms with Gasteiger partial charge in [-0.05, 0) is 19.4 Å². The molecular formula is C12H14N2O3S. The predicted octanol–water partition coefficient (Wildman–Crippen LogP) is 1.72. The van der Waals surface area contributed by atoms with E-state index in [1.807, 2.05) is 13.8 Å². The average Bonchev–Trinajstić information content (AvgIpc) is 2.72. The molecule has 0 saturated carbocycles. The Labute approximate surface area is 108 Å². The van der Waals surface area contributed by atoms with Gasteiger partial charge >= 0.3 is 5.97 Å². The zero-order chi connectivity index (χ0) is 13.1. The molecule has 0 fully saturated rings. The van der Waals surface area contributed by atoms with E-state index in [0.717, 1.165) is 11.3 Å². The molecule has 2 aromatic rings. The van der Waals surface area contributed by atoms with E-state index < -0.39 is 5.97 Å². The van der Waals surface area contributed by atoms with E-state index in [1.165, 1.54) is 22.2 Å². The topological polar surface area (TPSA) is 61.2 Å². The summed E-state index contributed by atoms with van der Waals surface area (Å²) in [6.07, 6.45) is 2.16. The van der Waals surface area contributed by atoms with E-state index in [9.17, 15) is 9.59 Å². The molecule has 0 spiro atoms. The molecule has 0 atom stereocenters. The molecule has 0 bridgehead atoms. The first kappa shape index (κ1) is 12.8. The predicted molar refractivity (Wildman–Crippen MR) is 69.9 cm³/mol. The third-order valence-corrected chi connectivity index (χ3v) is 3.37. The van der Waals surface area contributed by atoms with Crippen LogP contribution < -0.4 is 5.56 Å². The summed E-state index contributed by atoms with van der Waals surface area (Å²) in [5.74, 6) is -0.410. The molecule has 5 nitrogen and oxygen atoms in total. The second-order valence-electron chi connectivity index (χ2n) is 3.97. The molecular weight excluding hydrogens is 252 g/mol. The Kier molecular flexibility index (Phi) is 3.76. The summed E-state index contributed by atoms with van der Waals surface area (Å²) < 4.78 is 6.23. The minimum atomic E-state index is -0.410. The highest BCUT2D eigenvalue weighted by molar-refractivity contribution is 7.18. The maximum atomic E-state index is 12.1. The number of aryl methyl sites for hydroxylation is 1. The van der Waals surface area contributed by atoms with E-state index in [4.69, 9.17) is 4.74 Å². The lowest BCUT2D eigenvalue weighted by Gasteiger charge is -2.05. The van der Waals surface area contributed by atoms with Crippen LogP contribution in [0, 0.1) is 6.92 Å². The number of thiophene rings is 1. The van der Waals surface area contributed by atoms with Gasteiger partial charge in [0.25, 0.3) is 5.56 Å². The summed E-state index contributed by atoms with van der Waals surface area (Å²) >= 11 is 1.47. The number of carbonyl (C=O) groups is 1. The molecule has 2 aromatic heterocycles. The Balaban J connectivity index is 2.26. The number of esters is 1. The van der Waals surface area contributed by atoms with E-state index in [-0.39, 0.29) is 12.1 Å². The fraction of sp³-hybridized carbons (Fsp3) is 0.417. The van der Waals surface area contributed by atoms with Crippen molar-refractivity contribution in [2.24, 2.45) is 0 Å². The Hall–Kier alpha value is -1.69. The van der Waals surface area contributed by atoms with Crippen molar-refractivity contribution in [1.29, 1.82) is 0 Å². The van der Waals surface area contributed by atoms with Gasteiger partial charge < -0.3 is 4.74 Å². The van der Waals surface area contributed by atoms with Gasteiger partial charge in [0.2, 0.25) is 0 Å². The molecule has 0 unspecified atom stereocenters. The number of aromatic nitrogens is 2. The Morgan fingerprint density at radius 2 is 2.33 bits per heavy atom. The van der Waals surface area contributed by atoms with Gasteiger partial charge in [-0.15, -0.1) is 11.3 Å². The van der Waals surface area contributed by atoms with Crippen LogP contribution in [0.4, 0.5) is 0 Å². The normalized spacial score (nSPS) is 10.8. The maximum absolute atomic E-state index is 12.1. The molecule has 96 valence electrons. The average molecular weight is 266 g/mol. The summed E-state index contributed by atoms with van der Waals surface area (Å²) in [4.78, 5) is 29.4. The molecule has 18 heavy (non-hydrogen) atoms. The highest BCUT2D eigenvalue weighted by Crippen LogP contribution is 2.19. The number of hydrogen-bond donors (Lipinski definition) is 0. The van der Waals surface area contributed by atoms with Crippen LogP contribution in [0.15, 0.2) is 17.2 Å². The molecule has 0 aliphatic rings. The van der Waals surface area contributed by atoms with Crippen LogP contribution in [0.1, 0.15) is 18.2 Å². The zero-order valence-electron chi connectivity index (χ0n) is 10.3. The molecule has 0 aliphatic heterocycles. The second kappa shape index (κ2) is 5.30. The van der Waals surface area contributed by atoms with Gasteiger partial charge in [-0.1, -0.05) is 6.92 Å². The van der Waals surface area contributed by atoms with Crippen molar-refractivity contribution in [3.8, 4) is 0 Å². The fourth-order valence-electron chi connectivity index (χ4n) is 1.59. The maximum Gasteiger partial charge on any atom is 0.326 e. The van der Waals surface area contributed by atoms with Crippen LogP contribution in [0.2, 0.25) is 0 Å². The SMILES string of the molecule is CCCOC(=O)Cn1cnc2sc(C)cc2c1=O. The molecule has 0 aliphatic carbocycles. The standard InChI is InChI=1S/C12H14N2O3S/c1-3-4-17-10(15)6-14-7-13-11-9(12(14)16)5-8(2)18-11/h5,7H,3-4,6H2,1-2H3. The molecule has 0 aromatic carbocycles. The number of rotatable bonds is 4. The molecule has 6 heteroatoms.